The number of hydrogen-bond donors (Lipinski definition) is 1. The molecule has 0 saturated carbocycles. The van der Waals surface area contributed by atoms with E-state index in [0.717, 1.165) is 30.0 Å². The molecule has 0 amide bonds. The van der Waals surface area contributed by atoms with Crippen molar-refractivity contribution in [1.82, 2.24) is 5.32 Å². The second-order valence-corrected chi connectivity index (χ2v) is 4.18. The molecule has 18 heavy (non-hydrogen) atoms. The molecule has 98 valence electrons. The molecule has 4 nitrogen and oxygen atoms in total. The van der Waals surface area contributed by atoms with E-state index in [9.17, 15) is 0 Å². The van der Waals surface area contributed by atoms with Crippen LogP contribution in [0.5, 0.6) is 0 Å². The van der Waals surface area contributed by atoms with Crippen LogP contribution in [-0.4, -0.2) is 13.7 Å². The molecule has 2 heterocycles. The molecule has 0 aliphatic heterocycles. The Kier molecular flexibility index (Phi) is 4.61. The van der Waals surface area contributed by atoms with Gasteiger partial charge >= 0.3 is 0 Å². The van der Waals surface area contributed by atoms with Crippen LogP contribution in [0.1, 0.15) is 36.5 Å². The van der Waals surface area contributed by atoms with Gasteiger partial charge in [-0.3, -0.25) is 0 Å². The van der Waals surface area contributed by atoms with Gasteiger partial charge in [-0.1, -0.05) is 6.92 Å². The predicted molar refractivity (Wildman–Crippen MR) is 68.3 cm³/mol. The Bertz CT molecular complexity index is 447. The van der Waals surface area contributed by atoms with Crippen LogP contribution in [0.3, 0.4) is 0 Å². The van der Waals surface area contributed by atoms with E-state index in [1.54, 1.807) is 19.6 Å². The molecule has 0 aliphatic rings. The lowest BCUT2D eigenvalue weighted by Crippen LogP contribution is -2.22. The lowest BCUT2D eigenvalue weighted by Gasteiger charge is -2.14. The van der Waals surface area contributed by atoms with Crippen molar-refractivity contribution in [3.63, 3.8) is 0 Å². The van der Waals surface area contributed by atoms with E-state index in [4.69, 9.17) is 13.6 Å². The summed E-state index contributed by atoms with van der Waals surface area (Å²) in [6.07, 6.45) is 4.49. The molecule has 0 bridgehead atoms. The zero-order chi connectivity index (χ0) is 12.8. The monoisotopic (exact) mass is 249 g/mol. The van der Waals surface area contributed by atoms with Gasteiger partial charge < -0.3 is 18.9 Å². The van der Waals surface area contributed by atoms with Crippen LogP contribution in [0.2, 0.25) is 0 Å². The topological polar surface area (TPSA) is 47.5 Å². The lowest BCUT2D eigenvalue weighted by atomic mass is 10.1. The highest BCUT2D eigenvalue weighted by atomic mass is 16.5. The third kappa shape index (κ3) is 3.03. The maximum Gasteiger partial charge on any atom is 0.129 e. The summed E-state index contributed by atoms with van der Waals surface area (Å²) in [5, 5.41) is 3.45. The fourth-order valence-electron chi connectivity index (χ4n) is 1.88. The summed E-state index contributed by atoms with van der Waals surface area (Å²) in [7, 11) is 1.66. The minimum absolute atomic E-state index is 0.0364. The lowest BCUT2D eigenvalue weighted by molar-refractivity contribution is 0.162. The molecular weight excluding hydrogens is 230 g/mol. The molecule has 4 heteroatoms. The summed E-state index contributed by atoms with van der Waals surface area (Å²) >= 11 is 0. The first-order chi connectivity index (χ1) is 8.85. The van der Waals surface area contributed by atoms with Gasteiger partial charge in [0, 0.05) is 12.7 Å². The third-order valence-corrected chi connectivity index (χ3v) is 2.73. The van der Waals surface area contributed by atoms with E-state index < -0.39 is 0 Å². The van der Waals surface area contributed by atoms with Crippen molar-refractivity contribution in [2.24, 2.45) is 0 Å². The van der Waals surface area contributed by atoms with Crippen LogP contribution in [0.25, 0.3) is 0 Å². The van der Waals surface area contributed by atoms with E-state index >= 15 is 0 Å². The van der Waals surface area contributed by atoms with Gasteiger partial charge in [0.1, 0.15) is 18.1 Å². The average molecular weight is 249 g/mol. The molecule has 0 aromatic carbocycles. The summed E-state index contributed by atoms with van der Waals surface area (Å²) in [6, 6.07) is 5.91. The molecule has 1 atom stereocenters. The number of nitrogens with one attached hydrogen (secondary N) is 1. The van der Waals surface area contributed by atoms with Gasteiger partial charge in [0.15, 0.2) is 0 Å². The normalized spacial score (nSPS) is 12.8. The summed E-state index contributed by atoms with van der Waals surface area (Å²) in [5.74, 6) is 1.72. The Morgan fingerprint density at radius 3 is 2.89 bits per heavy atom. The van der Waals surface area contributed by atoms with E-state index in [1.807, 2.05) is 18.2 Å². The average Bonchev–Trinajstić information content (AvgIpc) is 3.02. The van der Waals surface area contributed by atoms with Crippen molar-refractivity contribution in [3.05, 3.63) is 47.8 Å². The summed E-state index contributed by atoms with van der Waals surface area (Å²) in [5.41, 5.74) is 1.07. The van der Waals surface area contributed by atoms with Gasteiger partial charge in [0.25, 0.3) is 0 Å². The molecule has 2 rings (SSSR count). The van der Waals surface area contributed by atoms with E-state index in [0.29, 0.717) is 6.61 Å². The van der Waals surface area contributed by atoms with Crippen molar-refractivity contribution in [2.45, 2.75) is 26.0 Å². The van der Waals surface area contributed by atoms with E-state index in [-0.39, 0.29) is 6.04 Å². The predicted octanol–water partition coefficient (Wildman–Crippen LogP) is 3.11. The maximum absolute atomic E-state index is 5.78. The highest BCUT2D eigenvalue weighted by Gasteiger charge is 2.18. The number of hydrogen-bond acceptors (Lipinski definition) is 4. The largest absolute Gasteiger partial charge is 0.472 e. The minimum atomic E-state index is 0.0364. The van der Waals surface area contributed by atoms with Crippen molar-refractivity contribution in [3.8, 4) is 0 Å². The van der Waals surface area contributed by atoms with E-state index in [2.05, 4.69) is 12.2 Å². The fraction of sp³-hybridized carbons (Fsp3) is 0.429. The second kappa shape index (κ2) is 6.42. The van der Waals surface area contributed by atoms with Crippen LogP contribution < -0.4 is 5.32 Å². The molecule has 1 N–H and O–H groups in total. The van der Waals surface area contributed by atoms with Gasteiger partial charge in [-0.25, -0.2) is 0 Å². The van der Waals surface area contributed by atoms with Gasteiger partial charge in [-0.2, -0.15) is 0 Å². The van der Waals surface area contributed by atoms with Gasteiger partial charge in [0.2, 0.25) is 0 Å². The maximum atomic E-state index is 5.78. The van der Waals surface area contributed by atoms with Crippen LogP contribution in [0.4, 0.5) is 0 Å². The Hall–Kier alpha value is -1.52. The van der Waals surface area contributed by atoms with Crippen LogP contribution in [-0.2, 0) is 11.3 Å². The molecule has 0 fully saturated rings. The Morgan fingerprint density at radius 1 is 1.33 bits per heavy atom. The van der Waals surface area contributed by atoms with E-state index in [1.165, 1.54) is 0 Å². The zero-order valence-electron chi connectivity index (χ0n) is 10.8. The zero-order valence-corrected chi connectivity index (χ0v) is 10.8. The van der Waals surface area contributed by atoms with Crippen molar-refractivity contribution >= 4 is 0 Å². The Labute approximate surface area is 107 Å². The highest BCUT2D eigenvalue weighted by Crippen LogP contribution is 2.24. The number of methoxy groups -OCH3 is 1. The first-order valence-electron chi connectivity index (χ1n) is 6.18. The van der Waals surface area contributed by atoms with Gasteiger partial charge in [-0.15, -0.1) is 0 Å². The van der Waals surface area contributed by atoms with Crippen LogP contribution >= 0.6 is 0 Å². The molecular formula is C14H19NO3. The van der Waals surface area contributed by atoms with Crippen molar-refractivity contribution < 1.29 is 13.6 Å². The number of furan rings is 2. The van der Waals surface area contributed by atoms with Crippen LogP contribution in [0.15, 0.2) is 39.6 Å². The van der Waals surface area contributed by atoms with Crippen LogP contribution in [0, 0.1) is 0 Å². The Balaban J connectivity index is 2.16. The molecule has 2 aromatic heterocycles. The standard InChI is InChI=1S/C14H19NO3/c1-3-7-15-14(11-6-8-17-9-11)13-5-4-12(18-13)10-16-2/h4-6,8-9,14-15H,3,7,10H2,1-2H3. The van der Waals surface area contributed by atoms with Gasteiger partial charge in [0.05, 0.1) is 18.6 Å². The van der Waals surface area contributed by atoms with Crippen molar-refractivity contribution in [1.29, 1.82) is 0 Å². The molecule has 0 spiro atoms. The molecule has 0 aliphatic carbocycles. The second-order valence-electron chi connectivity index (χ2n) is 4.18. The fourth-order valence-corrected chi connectivity index (χ4v) is 1.88. The quantitative estimate of drug-likeness (QED) is 0.819. The van der Waals surface area contributed by atoms with Gasteiger partial charge in [-0.05, 0) is 31.2 Å². The number of rotatable bonds is 7. The first-order valence-corrected chi connectivity index (χ1v) is 6.18. The van der Waals surface area contributed by atoms with Crippen molar-refractivity contribution in [2.75, 3.05) is 13.7 Å². The Morgan fingerprint density at radius 2 is 2.22 bits per heavy atom. The highest BCUT2D eigenvalue weighted by molar-refractivity contribution is 5.23. The minimum Gasteiger partial charge on any atom is -0.472 e. The summed E-state index contributed by atoms with van der Waals surface area (Å²) in [6.45, 7) is 3.56. The third-order valence-electron chi connectivity index (χ3n) is 2.73. The summed E-state index contributed by atoms with van der Waals surface area (Å²) < 4.78 is 16.0. The SMILES string of the molecule is CCCNC(c1ccoc1)c1ccc(COC)o1. The first kappa shape index (κ1) is 12.9. The molecule has 2 aromatic rings. The molecule has 1 unspecified atom stereocenters. The summed E-state index contributed by atoms with van der Waals surface area (Å²) in [4.78, 5) is 0. The molecule has 0 saturated heterocycles. The molecule has 0 radical (unpaired) electrons. The smallest absolute Gasteiger partial charge is 0.129 e. The number of ether oxygens (including phenoxy) is 1.